The highest BCUT2D eigenvalue weighted by atomic mass is 32.2. The molecule has 0 saturated carbocycles. The Hall–Kier alpha value is -0.660. The minimum Gasteiger partial charge on any atom is -0.351 e. The van der Waals surface area contributed by atoms with E-state index in [0.29, 0.717) is 5.13 Å². The Morgan fingerprint density at radius 2 is 2.27 bits per heavy atom. The quantitative estimate of drug-likeness (QED) is 0.845. The summed E-state index contributed by atoms with van der Waals surface area (Å²) in [6.07, 6.45) is 3.45. The maximum atomic E-state index is 11.0. The molecule has 0 aliphatic carbocycles. The second-order valence-corrected chi connectivity index (χ2v) is 6.08. The Balaban J connectivity index is 2.76. The van der Waals surface area contributed by atoms with Gasteiger partial charge in [-0.25, -0.2) is 18.5 Å². The van der Waals surface area contributed by atoms with Crippen molar-refractivity contribution >= 4 is 26.5 Å². The molecule has 2 N–H and O–H groups in total. The van der Waals surface area contributed by atoms with Gasteiger partial charge in [0.2, 0.25) is 10.0 Å². The molecule has 0 aliphatic heterocycles. The summed E-state index contributed by atoms with van der Waals surface area (Å²) < 4.78 is 22.1. The van der Waals surface area contributed by atoms with E-state index in [1.54, 1.807) is 0 Å². The van der Waals surface area contributed by atoms with Gasteiger partial charge >= 0.3 is 0 Å². The molecule has 1 rings (SSSR count). The van der Waals surface area contributed by atoms with Gasteiger partial charge in [-0.2, -0.15) is 0 Å². The highest BCUT2D eigenvalue weighted by molar-refractivity contribution is 7.91. The SMILES string of the molecule is CCCCN(C)c1ncc(S(N)(=O)=O)s1. The lowest BCUT2D eigenvalue weighted by molar-refractivity contribution is 0.599. The lowest BCUT2D eigenvalue weighted by Crippen LogP contribution is -2.17. The van der Waals surface area contributed by atoms with Gasteiger partial charge in [0.05, 0.1) is 6.20 Å². The van der Waals surface area contributed by atoms with Crippen LogP contribution in [0.15, 0.2) is 10.4 Å². The van der Waals surface area contributed by atoms with Crippen molar-refractivity contribution in [2.75, 3.05) is 18.5 Å². The molecular formula is C8H15N3O2S2. The molecule has 0 unspecified atom stereocenters. The topological polar surface area (TPSA) is 76.3 Å². The Kier molecular flexibility index (Phi) is 4.06. The number of primary sulfonamides is 1. The zero-order valence-corrected chi connectivity index (χ0v) is 10.4. The van der Waals surface area contributed by atoms with Gasteiger partial charge < -0.3 is 4.90 Å². The monoisotopic (exact) mass is 249 g/mol. The smallest absolute Gasteiger partial charge is 0.249 e. The van der Waals surface area contributed by atoms with E-state index in [1.165, 1.54) is 6.20 Å². The van der Waals surface area contributed by atoms with E-state index in [4.69, 9.17) is 5.14 Å². The zero-order valence-electron chi connectivity index (χ0n) is 8.80. The van der Waals surface area contributed by atoms with Crippen molar-refractivity contribution in [2.24, 2.45) is 5.14 Å². The molecular weight excluding hydrogens is 234 g/mol. The van der Waals surface area contributed by atoms with Crippen molar-refractivity contribution in [2.45, 2.75) is 24.0 Å². The van der Waals surface area contributed by atoms with E-state index in [-0.39, 0.29) is 4.21 Å². The van der Waals surface area contributed by atoms with Crippen LogP contribution in [-0.4, -0.2) is 27.0 Å². The molecule has 0 atom stereocenters. The molecule has 1 aromatic heterocycles. The first-order valence-corrected chi connectivity index (χ1v) is 7.01. The Labute approximate surface area is 94.0 Å². The van der Waals surface area contributed by atoms with Crippen LogP contribution in [0.25, 0.3) is 0 Å². The fourth-order valence-electron chi connectivity index (χ4n) is 1.05. The van der Waals surface area contributed by atoms with E-state index >= 15 is 0 Å². The van der Waals surface area contributed by atoms with Crippen LogP contribution in [-0.2, 0) is 10.0 Å². The van der Waals surface area contributed by atoms with Gasteiger partial charge in [-0.1, -0.05) is 24.7 Å². The van der Waals surface area contributed by atoms with Crippen LogP contribution in [0.2, 0.25) is 0 Å². The number of anilines is 1. The van der Waals surface area contributed by atoms with Gasteiger partial charge in [0.25, 0.3) is 0 Å². The van der Waals surface area contributed by atoms with Crippen LogP contribution in [0.5, 0.6) is 0 Å². The first-order valence-electron chi connectivity index (χ1n) is 4.65. The maximum Gasteiger partial charge on any atom is 0.249 e. The third kappa shape index (κ3) is 3.44. The highest BCUT2D eigenvalue weighted by Crippen LogP contribution is 2.24. The lowest BCUT2D eigenvalue weighted by atomic mass is 10.3. The van der Waals surface area contributed by atoms with E-state index in [1.807, 2.05) is 11.9 Å². The van der Waals surface area contributed by atoms with Gasteiger partial charge in [-0.05, 0) is 6.42 Å². The summed E-state index contributed by atoms with van der Waals surface area (Å²) in [6.45, 7) is 2.97. The molecule has 0 radical (unpaired) electrons. The number of nitrogens with two attached hydrogens (primary N) is 1. The van der Waals surface area contributed by atoms with E-state index in [2.05, 4.69) is 11.9 Å². The Bertz CT molecular complexity index is 413. The van der Waals surface area contributed by atoms with Gasteiger partial charge in [0.1, 0.15) is 0 Å². The van der Waals surface area contributed by atoms with Gasteiger partial charge in [-0.15, -0.1) is 0 Å². The molecule has 5 nitrogen and oxygen atoms in total. The summed E-state index contributed by atoms with van der Waals surface area (Å²) in [5, 5.41) is 5.68. The molecule has 7 heteroatoms. The summed E-state index contributed by atoms with van der Waals surface area (Å²) in [5.41, 5.74) is 0. The summed E-state index contributed by atoms with van der Waals surface area (Å²) in [5.74, 6) is 0. The summed E-state index contributed by atoms with van der Waals surface area (Å²) in [6, 6.07) is 0. The molecule has 1 heterocycles. The van der Waals surface area contributed by atoms with E-state index in [9.17, 15) is 8.42 Å². The van der Waals surface area contributed by atoms with E-state index in [0.717, 1.165) is 30.7 Å². The maximum absolute atomic E-state index is 11.0. The first kappa shape index (κ1) is 12.4. The van der Waals surface area contributed by atoms with Crippen molar-refractivity contribution in [3.05, 3.63) is 6.20 Å². The summed E-state index contributed by atoms with van der Waals surface area (Å²) in [4.78, 5) is 5.95. The molecule has 0 saturated heterocycles. The molecule has 86 valence electrons. The summed E-state index contributed by atoms with van der Waals surface area (Å²) in [7, 11) is -1.72. The number of hydrogen-bond acceptors (Lipinski definition) is 5. The number of thiazole rings is 1. The molecule has 0 aliphatic rings. The fraction of sp³-hybridized carbons (Fsp3) is 0.625. The van der Waals surface area contributed by atoms with Crippen molar-refractivity contribution in [3.8, 4) is 0 Å². The van der Waals surface area contributed by atoms with Gasteiger partial charge in [0, 0.05) is 13.6 Å². The van der Waals surface area contributed by atoms with Crippen molar-refractivity contribution < 1.29 is 8.42 Å². The molecule has 0 amide bonds. The predicted octanol–water partition coefficient (Wildman–Crippen LogP) is 1.03. The highest BCUT2D eigenvalue weighted by Gasteiger charge is 2.14. The Morgan fingerprint density at radius 1 is 1.60 bits per heavy atom. The molecule has 1 aromatic rings. The van der Waals surface area contributed by atoms with Crippen molar-refractivity contribution in [1.29, 1.82) is 0 Å². The van der Waals surface area contributed by atoms with Crippen LogP contribution in [0.4, 0.5) is 5.13 Å². The number of sulfonamides is 1. The molecule has 0 spiro atoms. The lowest BCUT2D eigenvalue weighted by Gasteiger charge is -2.14. The van der Waals surface area contributed by atoms with Crippen molar-refractivity contribution in [1.82, 2.24) is 4.98 Å². The van der Waals surface area contributed by atoms with Crippen LogP contribution in [0.3, 0.4) is 0 Å². The molecule has 0 aromatic carbocycles. The third-order valence-electron chi connectivity index (χ3n) is 1.93. The summed E-state index contributed by atoms with van der Waals surface area (Å²) >= 11 is 1.10. The molecule has 0 fully saturated rings. The zero-order chi connectivity index (χ0) is 11.5. The van der Waals surface area contributed by atoms with E-state index < -0.39 is 10.0 Å². The number of nitrogens with zero attached hydrogens (tertiary/aromatic N) is 2. The van der Waals surface area contributed by atoms with Crippen LogP contribution in [0, 0.1) is 0 Å². The second-order valence-electron chi connectivity index (χ2n) is 3.28. The predicted molar refractivity (Wildman–Crippen MR) is 61.7 cm³/mol. The average molecular weight is 249 g/mol. The van der Waals surface area contributed by atoms with Crippen LogP contribution >= 0.6 is 11.3 Å². The molecule has 15 heavy (non-hydrogen) atoms. The van der Waals surface area contributed by atoms with Gasteiger partial charge in [0.15, 0.2) is 9.34 Å². The van der Waals surface area contributed by atoms with Crippen LogP contribution < -0.4 is 10.0 Å². The third-order valence-corrected chi connectivity index (χ3v) is 4.45. The Morgan fingerprint density at radius 3 is 2.73 bits per heavy atom. The van der Waals surface area contributed by atoms with Gasteiger partial charge in [-0.3, -0.25) is 0 Å². The second kappa shape index (κ2) is 4.91. The largest absolute Gasteiger partial charge is 0.351 e. The van der Waals surface area contributed by atoms with Crippen LogP contribution in [0.1, 0.15) is 19.8 Å². The number of aromatic nitrogens is 1. The number of unbranched alkanes of at least 4 members (excludes halogenated alkanes) is 1. The standard InChI is InChI=1S/C8H15N3O2S2/c1-3-4-5-11(2)8-10-6-7(14-8)15(9,12)13/h6H,3-5H2,1-2H3,(H2,9,12,13). The normalized spacial score (nSPS) is 11.7. The van der Waals surface area contributed by atoms with Crippen molar-refractivity contribution in [3.63, 3.8) is 0 Å². The first-order chi connectivity index (χ1) is 6.95. The minimum atomic E-state index is -3.61. The number of rotatable bonds is 5. The number of hydrogen-bond donors (Lipinski definition) is 1. The fourth-order valence-corrected chi connectivity index (χ4v) is 2.58. The minimum absolute atomic E-state index is 0.112. The molecule has 0 bridgehead atoms. The average Bonchev–Trinajstić information content (AvgIpc) is 2.62.